The molecule has 0 bridgehead atoms. The van der Waals surface area contributed by atoms with Crippen LogP contribution in [-0.4, -0.2) is 5.16 Å². The molecule has 0 saturated carbocycles. The van der Waals surface area contributed by atoms with Crippen molar-refractivity contribution in [3.05, 3.63) is 32.4 Å². The molecule has 2 rings (SSSR count). The van der Waals surface area contributed by atoms with E-state index < -0.39 is 0 Å². The molecule has 0 fully saturated rings. The third-order valence-corrected chi connectivity index (χ3v) is 3.62. The lowest BCUT2D eigenvalue weighted by molar-refractivity contribution is 0.435. The Morgan fingerprint density at radius 1 is 1.47 bits per heavy atom. The largest absolute Gasteiger partial charge is 0.380 e. The minimum absolute atomic E-state index is 0.407. The summed E-state index contributed by atoms with van der Waals surface area (Å²) in [5, 5.41) is 4.42. The molecular weight excluding hydrogens is 326 g/mol. The van der Waals surface area contributed by atoms with Gasteiger partial charge in [-0.1, -0.05) is 28.9 Å². The first kappa shape index (κ1) is 10.8. The van der Waals surface area contributed by atoms with Gasteiger partial charge in [-0.05, 0) is 41.1 Å². The smallest absolute Gasteiger partial charge is 0.182 e. The van der Waals surface area contributed by atoms with E-state index in [0.717, 1.165) is 14.7 Å². The van der Waals surface area contributed by atoms with Gasteiger partial charge in [0.1, 0.15) is 3.57 Å². The Labute approximate surface area is 106 Å². The van der Waals surface area contributed by atoms with E-state index in [0.29, 0.717) is 16.6 Å². The molecule has 3 nitrogen and oxygen atoms in total. The second-order valence-electron chi connectivity index (χ2n) is 3.12. The van der Waals surface area contributed by atoms with Gasteiger partial charge in [-0.3, -0.25) is 0 Å². The number of hydrogen-bond donors (Lipinski definition) is 1. The Balaban J connectivity index is 2.64. The van der Waals surface area contributed by atoms with E-state index in [1.54, 1.807) is 0 Å². The van der Waals surface area contributed by atoms with Crippen molar-refractivity contribution in [3.8, 4) is 11.3 Å². The third-order valence-electron chi connectivity index (χ3n) is 2.17. The Bertz CT molecular complexity index is 510. The Hall–Kier alpha value is -0.750. The van der Waals surface area contributed by atoms with Crippen molar-refractivity contribution in [2.75, 3.05) is 5.73 Å². The first-order valence-electron chi connectivity index (χ1n) is 4.27. The molecule has 2 N–H and O–H groups in total. The molecule has 0 aliphatic carbocycles. The monoisotopic (exact) mass is 334 g/mol. The number of benzene rings is 1. The summed E-state index contributed by atoms with van der Waals surface area (Å²) in [7, 11) is 0. The number of hydrogen-bond acceptors (Lipinski definition) is 3. The van der Waals surface area contributed by atoms with Crippen molar-refractivity contribution in [1.82, 2.24) is 5.16 Å². The number of anilines is 1. The van der Waals surface area contributed by atoms with Gasteiger partial charge in [-0.2, -0.15) is 0 Å². The minimum Gasteiger partial charge on any atom is -0.380 e. The number of halogens is 2. The van der Waals surface area contributed by atoms with Crippen molar-refractivity contribution in [2.24, 2.45) is 0 Å². The highest BCUT2D eigenvalue weighted by molar-refractivity contribution is 14.1. The van der Waals surface area contributed by atoms with E-state index in [4.69, 9.17) is 21.9 Å². The van der Waals surface area contributed by atoms with Crippen molar-refractivity contribution >= 4 is 40.0 Å². The predicted octanol–water partition coefficient (Wildman–Crippen LogP) is 3.49. The summed E-state index contributed by atoms with van der Waals surface area (Å²) in [5.41, 5.74) is 7.51. The molecule has 0 radical (unpaired) electrons. The van der Waals surface area contributed by atoms with E-state index in [1.165, 1.54) is 0 Å². The molecular formula is C10H8ClIN2O. The van der Waals surface area contributed by atoms with Crippen LogP contribution in [0.1, 0.15) is 5.56 Å². The van der Waals surface area contributed by atoms with Gasteiger partial charge in [0.2, 0.25) is 0 Å². The zero-order chi connectivity index (χ0) is 11.0. The van der Waals surface area contributed by atoms with Crippen molar-refractivity contribution in [1.29, 1.82) is 0 Å². The quantitative estimate of drug-likeness (QED) is 0.812. The average molecular weight is 335 g/mol. The fraction of sp³-hybridized carbons (Fsp3) is 0.100. The highest BCUT2D eigenvalue weighted by Crippen LogP contribution is 2.33. The van der Waals surface area contributed by atoms with E-state index >= 15 is 0 Å². The van der Waals surface area contributed by atoms with Gasteiger partial charge in [0.15, 0.2) is 11.6 Å². The Morgan fingerprint density at radius 2 is 2.20 bits per heavy atom. The fourth-order valence-corrected chi connectivity index (χ4v) is 1.97. The van der Waals surface area contributed by atoms with Crippen LogP contribution in [-0.2, 0) is 0 Å². The lowest BCUT2D eigenvalue weighted by atomic mass is 10.1. The summed E-state index contributed by atoms with van der Waals surface area (Å²) in [6.07, 6.45) is 0. The van der Waals surface area contributed by atoms with Gasteiger partial charge in [-0.15, -0.1) is 0 Å². The van der Waals surface area contributed by atoms with Gasteiger partial charge in [0.05, 0.1) is 0 Å². The van der Waals surface area contributed by atoms with Crippen LogP contribution < -0.4 is 5.73 Å². The fourth-order valence-electron chi connectivity index (χ4n) is 1.31. The molecule has 1 aromatic carbocycles. The first-order valence-corrected chi connectivity index (χ1v) is 5.73. The highest BCUT2D eigenvalue weighted by atomic mass is 127. The summed E-state index contributed by atoms with van der Waals surface area (Å²) in [6, 6.07) is 5.65. The normalized spacial score (nSPS) is 10.6. The lowest BCUT2D eigenvalue weighted by Crippen LogP contribution is -1.87. The second-order valence-corrected chi connectivity index (χ2v) is 4.61. The van der Waals surface area contributed by atoms with Gasteiger partial charge >= 0.3 is 0 Å². The van der Waals surface area contributed by atoms with Crippen LogP contribution in [0.3, 0.4) is 0 Å². The molecule has 78 valence electrons. The molecule has 0 aliphatic heterocycles. The lowest BCUT2D eigenvalue weighted by Gasteiger charge is -2.03. The summed E-state index contributed by atoms with van der Waals surface area (Å²) >= 11 is 8.13. The topological polar surface area (TPSA) is 52.0 Å². The molecule has 0 aliphatic rings. The van der Waals surface area contributed by atoms with Crippen LogP contribution in [0.15, 0.2) is 22.7 Å². The maximum atomic E-state index is 6.03. The third kappa shape index (κ3) is 1.83. The van der Waals surface area contributed by atoms with Crippen LogP contribution in [0, 0.1) is 10.5 Å². The molecule has 0 unspecified atom stereocenters. The number of nitrogens with zero attached hydrogens (tertiary/aromatic N) is 1. The van der Waals surface area contributed by atoms with Crippen LogP contribution >= 0.6 is 34.2 Å². The number of aromatic nitrogens is 1. The van der Waals surface area contributed by atoms with E-state index in [2.05, 4.69) is 27.7 Å². The van der Waals surface area contributed by atoms with Gasteiger partial charge in [0.25, 0.3) is 0 Å². The molecule has 0 atom stereocenters. The zero-order valence-electron chi connectivity index (χ0n) is 7.92. The average Bonchev–Trinajstić information content (AvgIpc) is 2.53. The van der Waals surface area contributed by atoms with Crippen LogP contribution in [0.4, 0.5) is 5.82 Å². The molecule has 1 heterocycles. The molecule has 2 aromatic rings. The molecule has 5 heteroatoms. The molecule has 1 aromatic heterocycles. The number of rotatable bonds is 1. The van der Waals surface area contributed by atoms with E-state index in [9.17, 15) is 0 Å². The van der Waals surface area contributed by atoms with E-state index in [1.807, 2.05) is 25.1 Å². The van der Waals surface area contributed by atoms with Crippen molar-refractivity contribution in [3.63, 3.8) is 0 Å². The molecule has 0 amide bonds. The maximum absolute atomic E-state index is 6.03. The minimum atomic E-state index is 0.407. The van der Waals surface area contributed by atoms with Crippen LogP contribution in [0.5, 0.6) is 0 Å². The van der Waals surface area contributed by atoms with Crippen LogP contribution in [0.25, 0.3) is 11.3 Å². The van der Waals surface area contributed by atoms with E-state index in [-0.39, 0.29) is 0 Å². The molecule has 0 saturated heterocycles. The second kappa shape index (κ2) is 4.02. The SMILES string of the molecule is Cc1c(Cl)cccc1-c1onc(N)c1I. The van der Waals surface area contributed by atoms with Gasteiger partial charge in [-0.25, -0.2) is 0 Å². The van der Waals surface area contributed by atoms with Crippen molar-refractivity contribution < 1.29 is 4.52 Å². The molecule has 0 spiro atoms. The first-order chi connectivity index (χ1) is 7.11. The summed E-state index contributed by atoms with van der Waals surface area (Å²) in [6.45, 7) is 1.94. The standard InChI is InChI=1S/C10H8ClIN2O/c1-5-6(3-2-4-7(5)11)9-8(12)10(13)14-15-9/h2-4H,1H3,(H2,13,14). The summed E-state index contributed by atoms with van der Waals surface area (Å²) in [5.74, 6) is 1.08. The molecule has 15 heavy (non-hydrogen) atoms. The Morgan fingerprint density at radius 3 is 2.80 bits per heavy atom. The highest BCUT2D eigenvalue weighted by Gasteiger charge is 2.15. The van der Waals surface area contributed by atoms with Gasteiger partial charge < -0.3 is 10.3 Å². The maximum Gasteiger partial charge on any atom is 0.182 e. The zero-order valence-corrected chi connectivity index (χ0v) is 10.8. The number of nitrogen functional groups attached to an aromatic ring is 1. The predicted molar refractivity (Wildman–Crippen MR) is 68.8 cm³/mol. The summed E-state index contributed by atoms with van der Waals surface area (Å²) in [4.78, 5) is 0. The van der Waals surface area contributed by atoms with Crippen molar-refractivity contribution in [2.45, 2.75) is 6.92 Å². The Kier molecular flexibility index (Phi) is 2.88. The van der Waals surface area contributed by atoms with Gasteiger partial charge in [0, 0.05) is 10.6 Å². The number of nitrogens with two attached hydrogens (primary N) is 1. The summed E-state index contributed by atoms with van der Waals surface area (Å²) < 4.78 is 5.99. The van der Waals surface area contributed by atoms with Crippen LogP contribution in [0.2, 0.25) is 5.02 Å².